The molecule has 3 nitrogen and oxygen atoms in total. The smallest absolute Gasteiger partial charge is 0.160 e. The number of furan rings is 1. The highest BCUT2D eigenvalue weighted by Gasteiger charge is 2.46. The minimum absolute atomic E-state index is 0.412. The van der Waals surface area contributed by atoms with Crippen LogP contribution in [0.5, 0.6) is 0 Å². The van der Waals surface area contributed by atoms with E-state index in [1.165, 1.54) is 55.5 Å². The fraction of sp³-hybridized carbons (Fsp3) is 0.0159. The van der Waals surface area contributed by atoms with E-state index in [1.807, 2.05) is 30.3 Å². The summed E-state index contributed by atoms with van der Waals surface area (Å²) in [6.45, 7) is 0. The summed E-state index contributed by atoms with van der Waals surface area (Å²) in [4.78, 5) is 10.4. The summed E-state index contributed by atoms with van der Waals surface area (Å²) in [6, 6.07) is 87.1. The molecule has 2 heterocycles. The standard InChI is InChI=1S/C63H40N2O/c1-4-16-43(17-5-1)62-64-58(45-33-37-61-55(39-45)53-25-13-15-27-60(53)66-61)40-59(65-62)52-35-34-48(49-22-10-11-23-50(49)52)42-30-28-41(29-31-42)44-32-36-57-54(38-44)51-24-12-14-26-56(51)63(57,46-18-6-2-7-19-46)47-20-8-3-9-21-47/h1-40H. The van der Waals surface area contributed by atoms with Gasteiger partial charge in [0, 0.05) is 27.5 Å². The molecule has 10 aromatic carbocycles. The van der Waals surface area contributed by atoms with Crippen LogP contribution < -0.4 is 0 Å². The molecule has 1 aliphatic rings. The molecule has 0 saturated carbocycles. The predicted octanol–water partition coefficient (Wildman–Crippen LogP) is 16.2. The molecule has 0 atom stereocenters. The lowest BCUT2D eigenvalue weighted by Crippen LogP contribution is -2.28. The lowest BCUT2D eigenvalue weighted by molar-refractivity contribution is 0.669. The number of aromatic nitrogens is 2. The van der Waals surface area contributed by atoms with Gasteiger partial charge in [0.15, 0.2) is 5.82 Å². The molecule has 13 rings (SSSR count). The van der Waals surface area contributed by atoms with E-state index in [4.69, 9.17) is 14.4 Å². The highest BCUT2D eigenvalue weighted by molar-refractivity contribution is 6.07. The van der Waals surface area contributed by atoms with Crippen LogP contribution in [0.15, 0.2) is 247 Å². The van der Waals surface area contributed by atoms with Crippen LogP contribution in [0.2, 0.25) is 0 Å². The van der Waals surface area contributed by atoms with Crippen LogP contribution in [0, 0.1) is 0 Å². The highest BCUT2D eigenvalue weighted by Crippen LogP contribution is 2.56. The molecule has 2 aromatic heterocycles. The van der Waals surface area contributed by atoms with Gasteiger partial charge in [0.05, 0.1) is 16.8 Å². The molecular formula is C63H40N2O. The number of hydrogen-bond acceptors (Lipinski definition) is 3. The van der Waals surface area contributed by atoms with E-state index in [9.17, 15) is 0 Å². The summed E-state index contributed by atoms with van der Waals surface area (Å²) < 4.78 is 6.18. The molecule has 0 saturated heterocycles. The van der Waals surface area contributed by atoms with E-state index in [-0.39, 0.29) is 0 Å². The first kappa shape index (κ1) is 37.9. The number of nitrogens with zero attached hydrogens (tertiary/aromatic N) is 2. The van der Waals surface area contributed by atoms with Gasteiger partial charge in [-0.05, 0) is 103 Å². The summed E-state index contributed by atoms with van der Waals surface area (Å²) >= 11 is 0. The monoisotopic (exact) mass is 840 g/mol. The van der Waals surface area contributed by atoms with Crippen LogP contribution in [0.25, 0.3) is 100.0 Å². The zero-order chi connectivity index (χ0) is 43.6. The molecule has 12 aromatic rings. The van der Waals surface area contributed by atoms with Gasteiger partial charge in [-0.3, -0.25) is 0 Å². The van der Waals surface area contributed by atoms with E-state index in [0.29, 0.717) is 5.82 Å². The molecule has 0 spiro atoms. The normalized spacial score (nSPS) is 12.7. The molecule has 3 heteroatoms. The first-order chi connectivity index (χ1) is 32.7. The number of benzene rings is 10. The van der Waals surface area contributed by atoms with Crippen molar-refractivity contribution in [1.29, 1.82) is 0 Å². The average molecular weight is 841 g/mol. The maximum absolute atomic E-state index is 6.18. The van der Waals surface area contributed by atoms with Gasteiger partial charge < -0.3 is 4.42 Å². The zero-order valence-corrected chi connectivity index (χ0v) is 35.9. The zero-order valence-electron chi connectivity index (χ0n) is 35.9. The number of rotatable bonds is 7. The van der Waals surface area contributed by atoms with E-state index >= 15 is 0 Å². The Morgan fingerprint density at radius 1 is 0.288 bits per heavy atom. The minimum atomic E-state index is -0.412. The largest absolute Gasteiger partial charge is 0.456 e. The van der Waals surface area contributed by atoms with Gasteiger partial charge in [-0.25, -0.2) is 9.97 Å². The number of fused-ring (bicyclic) bond motifs is 7. The molecule has 66 heavy (non-hydrogen) atoms. The molecule has 0 fully saturated rings. The van der Waals surface area contributed by atoms with Crippen LogP contribution in [-0.2, 0) is 5.41 Å². The number of hydrogen-bond donors (Lipinski definition) is 0. The Hall–Kier alpha value is -8.66. The Balaban J connectivity index is 0.894. The SMILES string of the molecule is c1ccc(-c2nc(-c3ccc4oc5ccccc5c4c3)cc(-c3ccc(-c4ccc(-c5ccc6c(c5)-c5ccccc5C6(c5ccccc5)c5ccccc5)cc4)c4ccccc34)n2)cc1. The van der Waals surface area contributed by atoms with E-state index < -0.39 is 5.41 Å². The molecule has 0 unspecified atom stereocenters. The lowest BCUT2D eigenvalue weighted by atomic mass is 9.67. The molecule has 0 bridgehead atoms. The van der Waals surface area contributed by atoms with Crippen molar-refractivity contribution in [1.82, 2.24) is 9.97 Å². The predicted molar refractivity (Wildman–Crippen MR) is 271 cm³/mol. The summed E-state index contributed by atoms with van der Waals surface area (Å²) in [6.07, 6.45) is 0. The van der Waals surface area contributed by atoms with Crippen molar-refractivity contribution in [3.05, 3.63) is 265 Å². The number of para-hydroxylation sites is 1. The topological polar surface area (TPSA) is 38.9 Å². The van der Waals surface area contributed by atoms with Crippen LogP contribution >= 0.6 is 0 Å². The average Bonchev–Trinajstić information content (AvgIpc) is 3.92. The van der Waals surface area contributed by atoms with Gasteiger partial charge in [-0.1, -0.05) is 206 Å². The Morgan fingerprint density at radius 2 is 0.833 bits per heavy atom. The van der Waals surface area contributed by atoms with Crippen molar-refractivity contribution < 1.29 is 4.42 Å². The summed E-state index contributed by atoms with van der Waals surface area (Å²) in [5.41, 5.74) is 18.5. The second-order valence-corrected chi connectivity index (χ2v) is 17.2. The van der Waals surface area contributed by atoms with Crippen molar-refractivity contribution in [2.45, 2.75) is 5.41 Å². The van der Waals surface area contributed by atoms with Crippen LogP contribution in [0.4, 0.5) is 0 Å². The maximum atomic E-state index is 6.18. The van der Waals surface area contributed by atoms with Crippen LogP contribution in [0.3, 0.4) is 0 Å². The summed E-state index contributed by atoms with van der Waals surface area (Å²) in [7, 11) is 0. The molecule has 1 aliphatic carbocycles. The first-order valence-corrected chi connectivity index (χ1v) is 22.6. The second-order valence-electron chi connectivity index (χ2n) is 17.2. The third kappa shape index (κ3) is 5.98. The molecule has 0 N–H and O–H groups in total. The van der Waals surface area contributed by atoms with E-state index in [0.717, 1.165) is 61.0 Å². The summed E-state index contributed by atoms with van der Waals surface area (Å²) in [5.74, 6) is 0.685. The van der Waals surface area contributed by atoms with E-state index in [1.54, 1.807) is 0 Å². The van der Waals surface area contributed by atoms with Gasteiger partial charge >= 0.3 is 0 Å². The molecule has 0 radical (unpaired) electrons. The van der Waals surface area contributed by atoms with Gasteiger partial charge in [0.2, 0.25) is 0 Å². The fourth-order valence-corrected chi connectivity index (χ4v) is 10.6. The second kappa shape index (κ2) is 15.3. The Labute approximate surface area is 383 Å². The third-order valence-electron chi connectivity index (χ3n) is 13.6. The fourth-order valence-electron chi connectivity index (χ4n) is 10.6. The van der Waals surface area contributed by atoms with Crippen molar-refractivity contribution in [3.8, 4) is 67.3 Å². The van der Waals surface area contributed by atoms with E-state index in [2.05, 4.69) is 212 Å². The van der Waals surface area contributed by atoms with Gasteiger partial charge in [0.25, 0.3) is 0 Å². The minimum Gasteiger partial charge on any atom is -0.456 e. The maximum Gasteiger partial charge on any atom is 0.160 e. The van der Waals surface area contributed by atoms with Crippen molar-refractivity contribution in [3.63, 3.8) is 0 Å². The quantitative estimate of drug-likeness (QED) is 0.160. The van der Waals surface area contributed by atoms with Crippen LogP contribution in [-0.4, -0.2) is 9.97 Å². The Morgan fingerprint density at radius 3 is 1.59 bits per heavy atom. The van der Waals surface area contributed by atoms with Gasteiger partial charge in [-0.2, -0.15) is 0 Å². The molecule has 308 valence electrons. The Bertz CT molecular complexity index is 3760. The first-order valence-electron chi connectivity index (χ1n) is 22.6. The lowest BCUT2D eigenvalue weighted by Gasteiger charge is -2.33. The van der Waals surface area contributed by atoms with Crippen LogP contribution in [0.1, 0.15) is 22.3 Å². The molecular weight excluding hydrogens is 801 g/mol. The third-order valence-corrected chi connectivity index (χ3v) is 13.6. The summed E-state index contributed by atoms with van der Waals surface area (Å²) in [5, 5.41) is 4.47. The van der Waals surface area contributed by atoms with Gasteiger partial charge in [0.1, 0.15) is 11.2 Å². The molecule has 0 aliphatic heterocycles. The van der Waals surface area contributed by atoms with Gasteiger partial charge in [-0.15, -0.1) is 0 Å². The Kier molecular flexibility index (Phi) is 8.75. The van der Waals surface area contributed by atoms with Crippen molar-refractivity contribution in [2.24, 2.45) is 0 Å². The molecule has 0 amide bonds. The highest BCUT2D eigenvalue weighted by atomic mass is 16.3. The van der Waals surface area contributed by atoms with Crippen molar-refractivity contribution >= 4 is 32.7 Å². The van der Waals surface area contributed by atoms with Crippen molar-refractivity contribution in [2.75, 3.05) is 0 Å².